The van der Waals surface area contributed by atoms with E-state index in [0.717, 1.165) is 5.56 Å². The first-order valence-electron chi connectivity index (χ1n) is 5.08. The highest BCUT2D eigenvalue weighted by molar-refractivity contribution is 6.31. The lowest BCUT2D eigenvalue weighted by Gasteiger charge is -1.96. The van der Waals surface area contributed by atoms with Gasteiger partial charge in [-0.1, -0.05) is 35.3 Å². The van der Waals surface area contributed by atoms with E-state index in [1.54, 1.807) is 24.3 Å². The van der Waals surface area contributed by atoms with Crippen molar-refractivity contribution in [3.8, 4) is 0 Å². The van der Waals surface area contributed by atoms with Gasteiger partial charge < -0.3 is 4.98 Å². The Morgan fingerprint density at radius 3 is 2.56 bits per heavy atom. The maximum atomic E-state index is 11.6. The minimum atomic E-state index is -0.355. The Morgan fingerprint density at radius 2 is 1.94 bits per heavy atom. The first kappa shape index (κ1) is 12.7. The summed E-state index contributed by atoms with van der Waals surface area (Å²) in [6.07, 6.45) is 3.05. The van der Waals surface area contributed by atoms with E-state index in [4.69, 9.17) is 23.2 Å². The van der Waals surface area contributed by atoms with Gasteiger partial charge in [0.2, 0.25) is 0 Å². The van der Waals surface area contributed by atoms with E-state index >= 15 is 0 Å². The van der Waals surface area contributed by atoms with Gasteiger partial charge in [0.15, 0.2) is 0 Å². The second-order valence-corrected chi connectivity index (χ2v) is 4.36. The molecule has 0 aliphatic rings. The van der Waals surface area contributed by atoms with Gasteiger partial charge in [0.25, 0.3) is 5.91 Å². The van der Waals surface area contributed by atoms with Gasteiger partial charge in [-0.15, -0.1) is 0 Å². The molecule has 0 spiro atoms. The number of carbonyl (C=O) groups excluding carboxylic acids is 1. The van der Waals surface area contributed by atoms with E-state index in [9.17, 15) is 4.79 Å². The molecule has 1 aromatic carbocycles. The fourth-order valence-corrected chi connectivity index (χ4v) is 1.56. The normalized spacial score (nSPS) is 10.8. The Morgan fingerprint density at radius 1 is 1.22 bits per heavy atom. The van der Waals surface area contributed by atoms with Crippen LogP contribution in [-0.4, -0.2) is 17.1 Å². The highest BCUT2D eigenvalue weighted by atomic mass is 35.5. The van der Waals surface area contributed by atoms with Crippen LogP contribution in [-0.2, 0) is 0 Å². The van der Waals surface area contributed by atoms with Crippen LogP contribution in [0, 0.1) is 0 Å². The average Bonchev–Trinajstić information content (AvgIpc) is 2.78. The zero-order valence-electron chi connectivity index (χ0n) is 9.15. The van der Waals surface area contributed by atoms with Crippen LogP contribution in [0.3, 0.4) is 0 Å². The number of nitrogens with zero attached hydrogens (tertiary/aromatic N) is 1. The number of H-pyrrole nitrogens is 1. The molecule has 2 aromatic rings. The zero-order chi connectivity index (χ0) is 13.0. The van der Waals surface area contributed by atoms with Gasteiger partial charge in [-0.2, -0.15) is 5.10 Å². The molecule has 2 rings (SSSR count). The third-order valence-corrected chi connectivity index (χ3v) is 2.61. The van der Waals surface area contributed by atoms with Crippen LogP contribution in [0.5, 0.6) is 0 Å². The van der Waals surface area contributed by atoms with Gasteiger partial charge in [-0.25, -0.2) is 5.43 Å². The van der Waals surface area contributed by atoms with Crippen molar-refractivity contribution in [1.82, 2.24) is 10.4 Å². The van der Waals surface area contributed by atoms with Crippen LogP contribution in [0.15, 0.2) is 41.6 Å². The molecule has 6 heteroatoms. The first-order valence-corrected chi connectivity index (χ1v) is 5.83. The van der Waals surface area contributed by atoms with E-state index in [2.05, 4.69) is 15.5 Å². The number of nitrogens with one attached hydrogen (secondary N) is 2. The lowest BCUT2D eigenvalue weighted by atomic mass is 10.2. The molecule has 0 saturated carbocycles. The van der Waals surface area contributed by atoms with Crippen LogP contribution in [0.2, 0.25) is 10.0 Å². The number of hydrogen-bond acceptors (Lipinski definition) is 2. The summed E-state index contributed by atoms with van der Waals surface area (Å²) < 4.78 is 0. The number of hydrogen-bond donors (Lipinski definition) is 2. The second kappa shape index (κ2) is 5.71. The number of benzene rings is 1. The van der Waals surface area contributed by atoms with Crippen LogP contribution >= 0.6 is 23.2 Å². The van der Waals surface area contributed by atoms with Crippen molar-refractivity contribution < 1.29 is 4.79 Å². The van der Waals surface area contributed by atoms with E-state index in [0.29, 0.717) is 15.7 Å². The lowest BCUT2D eigenvalue weighted by Crippen LogP contribution is -2.17. The molecule has 0 fully saturated rings. The molecule has 0 atom stereocenters. The quantitative estimate of drug-likeness (QED) is 0.659. The Kier molecular flexibility index (Phi) is 4.02. The number of hydrazone groups is 1. The van der Waals surface area contributed by atoms with Gasteiger partial charge in [-0.3, -0.25) is 4.79 Å². The summed E-state index contributed by atoms with van der Waals surface area (Å²) in [5.41, 5.74) is 3.58. The van der Waals surface area contributed by atoms with Crippen molar-refractivity contribution in [2.45, 2.75) is 0 Å². The van der Waals surface area contributed by atoms with Crippen LogP contribution in [0.1, 0.15) is 16.1 Å². The van der Waals surface area contributed by atoms with Crippen LogP contribution in [0.4, 0.5) is 0 Å². The van der Waals surface area contributed by atoms with Crippen LogP contribution in [0.25, 0.3) is 0 Å². The van der Waals surface area contributed by atoms with Gasteiger partial charge >= 0.3 is 0 Å². The molecule has 2 N–H and O–H groups in total. The Labute approximate surface area is 114 Å². The van der Waals surface area contributed by atoms with Crippen molar-refractivity contribution in [3.05, 3.63) is 57.8 Å². The lowest BCUT2D eigenvalue weighted by molar-refractivity contribution is 0.0951. The Balaban J connectivity index is 1.95. The minimum Gasteiger partial charge on any atom is -0.356 e. The fourth-order valence-electron chi connectivity index (χ4n) is 1.27. The van der Waals surface area contributed by atoms with Crippen molar-refractivity contribution in [3.63, 3.8) is 0 Å². The number of amides is 1. The maximum absolute atomic E-state index is 11.6. The first-order chi connectivity index (χ1) is 8.65. The van der Waals surface area contributed by atoms with Crippen LogP contribution < -0.4 is 5.43 Å². The summed E-state index contributed by atoms with van der Waals surface area (Å²) in [6.45, 7) is 0. The number of aromatic nitrogens is 1. The average molecular weight is 282 g/mol. The van der Waals surface area contributed by atoms with E-state index in [1.165, 1.54) is 18.5 Å². The van der Waals surface area contributed by atoms with Crippen molar-refractivity contribution >= 4 is 35.3 Å². The summed E-state index contributed by atoms with van der Waals surface area (Å²) in [5.74, 6) is -0.355. The highest BCUT2D eigenvalue weighted by Gasteiger charge is 2.05. The number of rotatable bonds is 3. The van der Waals surface area contributed by atoms with Gasteiger partial charge in [0.1, 0.15) is 5.69 Å². The predicted octanol–water partition coefficient (Wildman–Crippen LogP) is 3.09. The standard InChI is InChI=1S/C12H9Cl2N3O/c13-9-3-1-8(2-4-9)6-16-17-12(18)11-5-10(14)7-15-11/h1-7,15H,(H,17,18)/b16-6+. The molecule has 92 valence electrons. The topological polar surface area (TPSA) is 57.2 Å². The van der Waals surface area contributed by atoms with Gasteiger partial charge in [-0.05, 0) is 23.8 Å². The molecule has 4 nitrogen and oxygen atoms in total. The molecular formula is C12H9Cl2N3O. The fraction of sp³-hybridized carbons (Fsp3) is 0. The molecule has 0 aliphatic carbocycles. The predicted molar refractivity (Wildman–Crippen MR) is 72.3 cm³/mol. The Bertz CT molecular complexity index is 575. The molecule has 0 aliphatic heterocycles. The van der Waals surface area contributed by atoms with E-state index < -0.39 is 0 Å². The third kappa shape index (κ3) is 3.35. The molecule has 1 aromatic heterocycles. The summed E-state index contributed by atoms with van der Waals surface area (Å²) >= 11 is 11.4. The third-order valence-electron chi connectivity index (χ3n) is 2.14. The highest BCUT2D eigenvalue weighted by Crippen LogP contribution is 2.09. The summed E-state index contributed by atoms with van der Waals surface area (Å²) in [5, 5.41) is 4.95. The second-order valence-electron chi connectivity index (χ2n) is 3.48. The summed E-state index contributed by atoms with van der Waals surface area (Å²) in [6, 6.07) is 8.60. The van der Waals surface area contributed by atoms with Crippen molar-refractivity contribution in [2.24, 2.45) is 5.10 Å². The Hall–Kier alpha value is -1.78. The summed E-state index contributed by atoms with van der Waals surface area (Å²) in [7, 11) is 0. The number of aromatic amines is 1. The molecule has 1 amide bonds. The van der Waals surface area contributed by atoms with Gasteiger partial charge in [0.05, 0.1) is 11.2 Å². The number of halogens is 2. The molecule has 1 heterocycles. The van der Waals surface area contributed by atoms with E-state index in [1.807, 2.05) is 0 Å². The van der Waals surface area contributed by atoms with Crippen molar-refractivity contribution in [1.29, 1.82) is 0 Å². The molecule has 18 heavy (non-hydrogen) atoms. The smallest absolute Gasteiger partial charge is 0.287 e. The SMILES string of the molecule is O=C(N/N=C/c1ccc(Cl)cc1)c1cc(Cl)c[nH]1. The molecular weight excluding hydrogens is 273 g/mol. The zero-order valence-corrected chi connectivity index (χ0v) is 10.7. The monoisotopic (exact) mass is 281 g/mol. The molecule has 0 saturated heterocycles. The molecule has 0 bridgehead atoms. The maximum Gasteiger partial charge on any atom is 0.287 e. The van der Waals surface area contributed by atoms with Gasteiger partial charge in [0, 0.05) is 11.2 Å². The minimum absolute atomic E-state index is 0.355. The molecule has 0 unspecified atom stereocenters. The van der Waals surface area contributed by atoms with Crippen molar-refractivity contribution in [2.75, 3.05) is 0 Å². The van der Waals surface area contributed by atoms with E-state index in [-0.39, 0.29) is 5.91 Å². The summed E-state index contributed by atoms with van der Waals surface area (Å²) in [4.78, 5) is 14.3. The molecule has 0 radical (unpaired) electrons. The largest absolute Gasteiger partial charge is 0.356 e. The number of carbonyl (C=O) groups is 1.